The van der Waals surface area contributed by atoms with Crippen LogP contribution in [0.25, 0.3) is 0 Å². The molecule has 126 valence electrons. The highest BCUT2D eigenvalue weighted by Gasteiger charge is 2.29. The van der Waals surface area contributed by atoms with E-state index in [1.807, 2.05) is 20.8 Å². The van der Waals surface area contributed by atoms with E-state index >= 15 is 0 Å². The molecule has 0 saturated carbocycles. The van der Waals surface area contributed by atoms with E-state index in [9.17, 15) is 14.4 Å². The summed E-state index contributed by atoms with van der Waals surface area (Å²) in [4.78, 5) is 36.3. The molecule has 7 nitrogen and oxygen atoms in total. The fraction of sp³-hybridized carbons (Fsp3) is 0.800. The number of carbonyl (C=O) groups excluding carboxylic acids is 3. The van der Waals surface area contributed by atoms with Gasteiger partial charge in [0.05, 0.1) is 0 Å². The first kappa shape index (κ1) is 18.3. The Balaban J connectivity index is 2.28. The highest BCUT2D eigenvalue weighted by molar-refractivity contribution is 5.79. The number of hydrogen-bond donors (Lipinski definition) is 2. The molecule has 2 N–H and O–H groups in total. The highest BCUT2D eigenvalue weighted by Crippen LogP contribution is 2.19. The minimum absolute atomic E-state index is 0.0193. The first-order chi connectivity index (χ1) is 10.2. The molecule has 0 radical (unpaired) electrons. The van der Waals surface area contributed by atoms with Crippen molar-refractivity contribution < 1.29 is 19.1 Å². The number of rotatable bonds is 4. The van der Waals surface area contributed by atoms with Crippen LogP contribution in [-0.2, 0) is 14.3 Å². The third-order valence-electron chi connectivity index (χ3n) is 3.32. The second-order valence-electron chi connectivity index (χ2n) is 6.52. The maximum absolute atomic E-state index is 12.0. The Morgan fingerprint density at radius 2 is 1.64 bits per heavy atom. The lowest BCUT2D eigenvalue weighted by molar-refractivity contribution is -0.126. The summed E-state index contributed by atoms with van der Waals surface area (Å²) in [6.45, 7) is 8.84. The Bertz CT molecular complexity index is 410. The third-order valence-corrected chi connectivity index (χ3v) is 3.32. The van der Waals surface area contributed by atoms with Gasteiger partial charge in [0, 0.05) is 39.0 Å². The number of amides is 3. The fourth-order valence-corrected chi connectivity index (χ4v) is 2.22. The van der Waals surface area contributed by atoms with Crippen molar-refractivity contribution in [1.29, 1.82) is 0 Å². The van der Waals surface area contributed by atoms with Crippen LogP contribution in [0, 0.1) is 5.92 Å². The molecule has 3 amide bonds. The quantitative estimate of drug-likeness (QED) is 0.754. The van der Waals surface area contributed by atoms with Crippen molar-refractivity contribution in [3.8, 4) is 0 Å². The lowest BCUT2D eigenvalue weighted by atomic mass is 9.96. The number of carbonyl (C=O) groups is 3. The van der Waals surface area contributed by atoms with Crippen LogP contribution in [0.2, 0.25) is 0 Å². The van der Waals surface area contributed by atoms with Gasteiger partial charge in [0.1, 0.15) is 5.60 Å². The van der Waals surface area contributed by atoms with Gasteiger partial charge >= 0.3 is 6.09 Å². The summed E-state index contributed by atoms with van der Waals surface area (Å²) in [7, 11) is 0. The minimum Gasteiger partial charge on any atom is -0.444 e. The molecular weight excluding hydrogens is 286 g/mol. The summed E-state index contributed by atoms with van der Waals surface area (Å²) in [5.74, 6) is -0.217. The number of hydrogen-bond acceptors (Lipinski definition) is 4. The Hall–Kier alpha value is -1.79. The first-order valence-electron chi connectivity index (χ1n) is 7.69. The highest BCUT2D eigenvalue weighted by atomic mass is 16.6. The van der Waals surface area contributed by atoms with Crippen molar-refractivity contribution in [1.82, 2.24) is 15.5 Å². The van der Waals surface area contributed by atoms with Crippen molar-refractivity contribution in [2.24, 2.45) is 5.92 Å². The first-order valence-corrected chi connectivity index (χ1v) is 7.69. The molecular formula is C15H27N3O4. The molecule has 0 aromatic heterocycles. The van der Waals surface area contributed by atoms with Crippen LogP contribution in [0.1, 0.15) is 40.5 Å². The number of piperidine rings is 1. The van der Waals surface area contributed by atoms with Crippen LogP contribution in [0.15, 0.2) is 0 Å². The van der Waals surface area contributed by atoms with Crippen LogP contribution < -0.4 is 10.6 Å². The average molecular weight is 313 g/mol. The largest absolute Gasteiger partial charge is 0.444 e. The topological polar surface area (TPSA) is 87.7 Å². The lowest BCUT2D eigenvalue weighted by Gasteiger charge is -2.32. The molecule has 1 aliphatic heterocycles. The Labute approximate surface area is 131 Å². The van der Waals surface area contributed by atoms with Gasteiger partial charge in [0.25, 0.3) is 0 Å². The molecule has 1 rings (SSSR count). The zero-order chi connectivity index (χ0) is 16.8. The summed E-state index contributed by atoms with van der Waals surface area (Å²) in [5, 5.41) is 5.43. The van der Waals surface area contributed by atoms with Crippen LogP contribution in [0.3, 0.4) is 0 Å². The van der Waals surface area contributed by atoms with Gasteiger partial charge in [-0.25, -0.2) is 4.79 Å². The Kier molecular flexibility index (Phi) is 6.64. The van der Waals surface area contributed by atoms with E-state index in [1.165, 1.54) is 6.92 Å². The van der Waals surface area contributed by atoms with Crippen LogP contribution in [0.4, 0.5) is 4.79 Å². The molecule has 1 heterocycles. The fourth-order valence-electron chi connectivity index (χ4n) is 2.22. The molecule has 0 bridgehead atoms. The van der Waals surface area contributed by atoms with E-state index in [4.69, 9.17) is 4.74 Å². The Morgan fingerprint density at radius 3 is 2.14 bits per heavy atom. The molecule has 1 aliphatic rings. The van der Waals surface area contributed by atoms with Crippen molar-refractivity contribution in [2.45, 2.75) is 46.1 Å². The van der Waals surface area contributed by atoms with Gasteiger partial charge in [0.15, 0.2) is 0 Å². The maximum atomic E-state index is 12.0. The molecule has 1 fully saturated rings. The predicted octanol–water partition coefficient (Wildman–Crippen LogP) is 0.886. The minimum atomic E-state index is -0.505. The molecule has 22 heavy (non-hydrogen) atoms. The monoisotopic (exact) mass is 313 g/mol. The number of nitrogens with zero attached hydrogens (tertiary/aromatic N) is 1. The summed E-state index contributed by atoms with van der Waals surface area (Å²) in [6, 6.07) is 0. The van der Waals surface area contributed by atoms with Gasteiger partial charge in [0.2, 0.25) is 11.8 Å². The molecule has 0 aliphatic carbocycles. The van der Waals surface area contributed by atoms with Gasteiger partial charge in [-0.1, -0.05) is 0 Å². The smallest absolute Gasteiger partial charge is 0.410 e. The summed E-state index contributed by atoms with van der Waals surface area (Å²) < 4.78 is 5.32. The number of nitrogens with one attached hydrogen (secondary N) is 2. The second-order valence-corrected chi connectivity index (χ2v) is 6.52. The Morgan fingerprint density at radius 1 is 1.09 bits per heavy atom. The van der Waals surface area contributed by atoms with Gasteiger partial charge in [-0.3, -0.25) is 9.59 Å². The van der Waals surface area contributed by atoms with E-state index in [2.05, 4.69) is 10.6 Å². The van der Waals surface area contributed by atoms with Crippen molar-refractivity contribution in [3.05, 3.63) is 0 Å². The molecule has 0 unspecified atom stereocenters. The van der Waals surface area contributed by atoms with E-state index in [1.54, 1.807) is 4.90 Å². The van der Waals surface area contributed by atoms with E-state index in [0.29, 0.717) is 39.0 Å². The lowest BCUT2D eigenvalue weighted by Crippen LogP contribution is -2.45. The van der Waals surface area contributed by atoms with Crippen molar-refractivity contribution in [2.75, 3.05) is 26.2 Å². The molecule has 7 heteroatoms. The zero-order valence-electron chi connectivity index (χ0n) is 13.9. The second kappa shape index (κ2) is 8.00. The zero-order valence-corrected chi connectivity index (χ0v) is 13.9. The van der Waals surface area contributed by atoms with Crippen LogP contribution >= 0.6 is 0 Å². The summed E-state index contributed by atoms with van der Waals surface area (Å²) in [6.07, 6.45) is 0.938. The predicted molar refractivity (Wildman–Crippen MR) is 82.2 cm³/mol. The normalized spacial score (nSPS) is 16.1. The summed E-state index contributed by atoms with van der Waals surface area (Å²) in [5.41, 5.74) is -0.505. The van der Waals surface area contributed by atoms with Gasteiger partial charge in [-0.15, -0.1) is 0 Å². The third kappa shape index (κ3) is 6.78. The van der Waals surface area contributed by atoms with Gasteiger partial charge in [-0.05, 0) is 33.6 Å². The van der Waals surface area contributed by atoms with E-state index in [-0.39, 0.29) is 23.8 Å². The SMILES string of the molecule is CC(=O)NCCNC(=O)C1CCN(C(=O)OC(C)(C)C)CC1. The van der Waals surface area contributed by atoms with E-state index in [0.717, 1.165) is 0 Å². The van der Waals surface area contributed by atoms with Gasteiger partial charge < -0.3 is 20.3 Å². The number of likely N-dealkylation sites (tertiary alicyclic amines) is 1. The van der Waals surface area contributed by atoms with Gasteiger partial charge in [-0.2, -0.15) is 0 Å². The van der Waals surface area contributed by atoms with Crippen molar-refractivity contribution in [3.63, 3.8) is 0 Å². The number of ether oxygens (including phenoxy) is 1. The maximum Gasteiger partial charge on any atom is 0.410 e. The molecule has 0 atom stereocenters. The molecule has 0 aromatic carbocycles. The molecule has 0 aromatic rings. The average Bonchev–Trinajstić information content (AvgIpc) is 2.41. The van der Waals surface area contributed by atoms with Crippen molar-refractivity contribution >= 4 is 17.9 Å². The standard InChI is InChI=1S/C15H27N3O4/c1-11(19)16-7-8-17-13(20)12-5-9-18(10-6-12)14(21)22-15(2,3)4/h12H,5-10H2,1-4H3,(H,16,19)(H,17,20). The summed E-state index contributed by atoms with van der Waals surface area (Å²) >= 11 is 0. The van der Waals surface area contributed by atoms with Crippen LogP contribution in [-0.4, -0.2) is 54.6 Å². The van der Waals surface area contributed by atoms with Crippen LogP contribution in [0.5, 0.6) is 0 Å². The molecule has 1 saturated heterocycles. The van der Waals surface area contributed by atoms with E-state index < -0.39 is 5.60 Å². The molecule has 0 spiro atoms.